The van der Waals surface area contributed by atoms with Crippen LogP contribution in [0.1, 0.15) is 36.0 Å². The van der Waals surface area contributed by atoms with Crippen LogP contribution in [0.3, 0.4) is 0 Å². The number of hydrogen-bond donors (Lipinski definition) is 1. The Kier molecular flexibility index (Phi) is 3.97. The molecular weight excluding hydrogens is 233 g/mol. The predicted molar refractivity (Wildman–Crippen MR) is 67.2 cm³/mol. The molecule has 2 rings (SSSR count). The normalized spacial score (nSPS) is 23.7. The van der Waals surface area contributed by atoms with Crippen LogP contribution in [0.4, 0.5) is 4.39 Å². The van der Waals surface area contributed by atoms with Crippen molar-refractivity contribution in [3.8, 4) is 5.75 Å². The maximum Gasteiger partial charge on any atom is 0.169 e. The van der Waals surface area contributed by atoms with Gasteiger partial charge in [0.1, 0.15) is 11.6 Å². The van der Waals surface area contributed by atoms with E-state index in [1.165, 1.54) is 25.3 Å². The summed E-state index contributed by atoms with van der Waals surface area (Å²) in [6, 6.07) is 4.11. The van der Waals surface area contributed by atoms with Gasteiger partial charge in [-0.1, -0.05) is 6.42 Å². The van der Waals surface area contributed by atoms with Gasteiger partial charge in [0.2, 0.25) is 0 Å². The lowest BCUT2D eigenvalue weighted by Gasteiger charge is -2.25. The molecule has 2 unspecified atom stereocenters. The number of carbonyl (C=O) groups is 1. The Bertz CT molecular complexity index is 447. The zero-order valence-electron chi connectivity index (χ0n) is 10.5. The predicted octanol–water partition coefficient (Wildman–Crippen LogP) is 2.53. The van der Waals surface area contributed by atoms with Gasteiger partial charge in [-0.25, -0.2) is 4.39 Å². The maximum atomic E-state index is 13.3. The lowest BCUT2D eigenvalue weighted by molar-refractivity contribution is 0.0878. The first-order valence-electron chi connectivity index (χ1n) is 6.25. The number of ether oxygens (including phenoxy) is 1. The van der Waals surface area contributed by atoms with E-state index in [1.807, 2.05) is 0 Å². The number of Topliss-reactive ketones (excluding diaryl/α,β-unsaturated/α-hetero) is 1. The van der Waals surface area contributed by atoms with Gasteiger partial charge in [0, 0.05) is 12.0 Å². The Morgan fingerprint density at radius 3 is 2.89 bits per heavy atom. The molecule has 1 aromatic rings. The zero-order valence-corrected chi connectivity index (χ0v) is 10.5. The van der Waals surface area contributed by atoms with Gasteiger partial charge in [0.15, 0.2) is 5.78 Å². The van der Waals surface area contributed by atoms with Gasteiger partial charge in [-0.05, 0) is 37.5 Å². The molecule has 0 saturated heterocycles. The molecule has 0 aromatic heterocycles. The van der Waals surface area contributed by atoms with Crippen LogP contribution >= 0.6 is 0 Å². The van der Waals surface area contributed by atoms with E-state index < -0.39 is 5.82 Å². The van der Waals surface area contributed by atoms with E-state index in [-0.39, 0.29) is 17.7 Å². The summed E-state index contributed by atoms with van der Waals surface area (Å²) >= 11 is 0. The van der Waals surface area contributed by atoms with E-state index >= 15 is 0 Å². The molecule has 2 N–H and O–H groups in total. The quantitative estimate of drug-likeness (QED) is 0.840. The fraction of sp³-hybridized carbons (Fsp3) is 0.500. The molecule has 3 nitrogen and oxygen atoms in total. The average Bonchev–Trinajstić information content (AvgIpc) is 2.38. The van der Waals surface area contributed by atoms with E-state index in [1.54, 1.807) is 0 Å². The van der Waals surface area contributed by atoms with E-state index in [9.17, 15) is 9.18 Å². The summed E-state index contributed by atoms with van der Waals surface area (Å²) in [6.45, 7) is 0. The van der Waals surface area contributed by atoms with Crippen molar-refractivity contribution in [3.05, 3.63) is 29.6 Å². The fourth-order valence-corrected chi connectivity index (χ4v) is 2.56. The summed E-state index contributed by atoms with van der Waals surface area (Å²) in [7, 11) is 1.48. The third kappa shape index (κ3) is 2.70. The molecular formula is C14H18FNO2. The molecule has 1 aromatic carbocycles. The van der Waals surface area contributed by atoms with E-state index in [0.717, 1.165) is 19.3 Å². The summed E-state index contributed by atoms with van der Waals surface area (Å²) in [5.74, 6) is -0.147. The molecule has 1 aliphatic rings. The fourth-order valence-electron chi connectivity index (χ4n) is 2.56. The van der Waals surface area contributed by atoms with Gasteiger partial charge in [-0.15, -0.1) is 0 Å². The highest BCUT2D eigenvalue weighted by Crippen LogP contribution is 2.30. The molecule has 0 bridgehead atoms. The Morgan fingerprint density at radius 2 is 2.22 bits per heavy atom. The maximum absolute atomic E-state index is 13.3. The van der Waals surface area contributed by atoms with Crippen LogP contribution in [0.25, 0.3) is 0 Å². The van der Waals surface area contributed by atoms with Crippen molar-refractivity contribution in [1.82, 2.24) is 0 Å². The van der Waals surface area contributed by atoms with Gasteiger partial charge >= 0.3 is 0 Å². The van der Waals surface area contributed by atoms with Crippen LogP contribution < -0.4 is 10.5 Å². The van der Waals surface area contributed by atoms with Gasteiger partial charge in [0.05, 0.1) is 12.7 Å². The summed E-state index contributed by atoms with van der Waals surface area (Å²) in [6.07, 6.45) is 3.42. The Balaban J connectivity index is 2.24. The van der Waals surface area contributed by atoms with E-state index in [2.05, 4.69) is 0 Å². The van der Waals surface area contributed by atoms with Crippen molar-refractivity contribution in [3.63, 3.8) is 0 Å². The average molecular weight is 251 g/mol. The molecule has 4 heteroatoms. The highest BCUT2D eigenvalue weighted by atomic mass is 19.1. The number of carbonyl (C=O) groups excluding carboxylic acids is 1. The minimum Gasteiger partial charge on any atom is -0.496 e. The van der Waals surface area contributed by atoms with Crippen molar-refractivity contribution >= 4 is 5.78 Å². The second kappa shape index (κ2) is 5.48. The second-order valence-corrected chi connectivity index (χ2v) is 4.83. The van der Waals surface area contributed by atoms with Crippen LogP contribution in [0.5, 0.6) is 5.75 Å². The van der Waals surface area contributed by atoms with Crippen LogP contribution in [-0.4, -0.2) is 18.9 Å². The molecule has 0 aliphatic heterocycles. The number of nitrogens with two attached hydrogens (primary N) is 1. The van der Waals surface area contributed by atoms with Crippen LogP contribution in [0.15, 0.2) is 18.2 Å². The summed E-state index contributed by atoms with van der Waals surface area (Å²) < 4.78 is 18.4. The molecule has 0 radical (unpaired) electrons. The summed E-state index contributed by atoms with van der Waals surface area (Å²) in [5.41, 5.74) is 6.21. The van der Waals surface area contributed by atoms with Crippen molar-refractivity contribution in [2.75, 3.05) is 7.11 Å². The highest BCUT2D eigenvalue weighted by molar-refractivity contribution is 6.00. The second-order valence-electron chi connectivity index (χ2n) is 4.83. The minimum absolute atomic E-state index is 0.0542. The van der Waals surface area contributed by atoms with Gasteiger partial charge in [-0.2, -0.15) is 0 Å². The van der Waals surface area contributed by atoms with Crippen molar-refractivity contribution in [2.45, 2.75) is 31.7 Å². The molecule has 98 valence electrons. The summed E-state index contributed by atoms with van der Waals surface area (Å²) in [4.78, 5) is 12.4. The van der Waals surface area contributed by atoms with Crippen LogP contribution in [-0.2, 0) is 0 Å². The SMILES string of the molecule is COc1ccc(F)cc1C(=O)C1CCCC(N)C1. The van der Waals surface area contributed by atoms with Gasteiger partial charge in [0.25, 0.3) is 0 Å². The number of ketones is 1. The Labute approximate surface area is 106 Å². The highest BCUT2D eigenvalue weighted by Gasteiger charge is 2.28. The first-order valence-corrected chi connectivity index (χ1v) is 6.25. The first-order chi connectivity index (χ1) is 8.61. The third-order valence-electron chi connectivity index (χ3n) is 3.51. The number of hydrogen-bond acceptors (Lipinski definition) is 3. The van der Waals surface area contributed by atoms with E-state index in [0.29, 0.717) is 17.7 Å². The third-order valence-corrected chi connectivity index (χ3v) is 3.51. The number of rotatable bonds is 3. The lowest BCUT2D eigenvalue weighted by Crippen LogP contribution is -2.31. The monoisotopic (exact) mass is 251 g/mol. The van der Waals surface area contributed by atoms with Crippen molar-refractivity contribution in [2.24, 2.45) is 11.7 Å². The molecule has 0 heterocycles. The topological polar surface area (TPSA) is 52.3 Å². The van der Waals surface area contributed by atoms with Crippen LogP contribution in [0, 0.1) is 11.7 Å². The van der Waals surface area contributed by atoms with Crippen molar-refractivity contribution < 1.29 is 13.9 Å². The molecule has 0 spiro atoms. The molecule has 1 fully saturated rings. The first kappa shape index (κ1) is 13.0. The molecule has 1 saturated carbocycles. The minimum atomic E-state index is -0.417. The van der Waals surface area contributed by atoms with Crippen molar-refractivity contribution in [1.29, 1.82) is 0 Å². The van der Waals surface area contributed by atoms with Gasteiger partial charge < -0.3 is 10.5 Å². The lowest BCUT2D eigenvalue weighted by atomic mass is 9.81. The number of halogens is 1. The molecule has 2 atom stereocenters. The number of benzene rings is 1. The van der Waals surface area contributed by atoms with E-state index in [4.69, 9.17) is 10.5 Å². The Hall–Kier alpha value is -1.42. The number of methoxy groups -OCH3 is 1. The molecule has 0 amide bonds. The summed E-state index contributed by atoms with van der Waals surface area (Å²) in [5, 5.41) is 0. The molecule has 1 aliphatic carbocycles. The smallest absolute Gasteiger partial charge is 0.169 e. The molecule has 18 heavy (non-hydrogen) atoms. The van der Waals surface area contributed by atoms with Crippen LogP contribution in [0.2, 0.25) is 0 Å². The zero-order chi connectivity index (χ0) is 13.1. The standard InChI is InChI=1S/C14H18FNO2/c1-18-13-6-5-10(15)8-12(13)14(17)9-3-2-4-11(16)7-9/h5-6,8-9,11H,2-4,7,16H2,1H3. The Morgan fingerprint density at radius 1 is 1.44 bits per heavy atom. The largest absolute Gasteiger partial charge is 0.496 e. The van der Waals surface area contributed by atoms with Gasteiger partial charge in [-0.3, -0.25) is 4.79 Å².